The Morgan fingerprint density at radius 2 is 2.00 bits per heavy atom. The van der Waals surface area contributed by atoms with Crippen LogP contribution in [0.3, 0.4) is 0 Å². The molecule has 3 saturated heterocycles. The van der Waals surface area contributed by atoms with Crippen molar-refractivity contribution in [2.75, 3.05) is 50.0 Å². The molecule has 0 amide bonds. The summed E-state index contributed by atoms with van der Waals surface area (Å²) >= 11 is 4.37. The van der Waals surface area contributed by atoms with Crippen molar-refractivity contribution in [2.24, 2.45) is 0 Å². The third kappa shape index (κ3) is 3.34. The third-order valence-electron chi connectivity index (χ3n) is 4.23. The summed E-state index contributed by atoms with van der Waals surface area (Å²) in [5.74, 6) is 4.13. The highest BCUT2D eigenvalue weighted by atomic mass is 32.2. The fraction of sp³-hybridized carbons (Fsp3) is 1.00. The lowest BCUT2D eigenvalue weighted by atomic mass is 10.2. The Balaban J connectivity index is 1.52. The van der Waals surface area contributed by atoms with E-state index in [1.165, 1.54) is 69.2 Å². The van der Waals surface area contributed by atoms with E-state index in [1.54, 1.807) is 0 Å². The van der Waals surface area contributed by atoms with Crippen LogP contribution in [-0.4, -0.2) is 71.1 Å². The van der Waals surface area contributed by atoms with Crippen molar-refractivity contribution in [1.29, 1.82) is 0 Å². The van der Waals surface area contributed by atoms with Crippen LogP contribution in [0.1, 0.15) is 19.3 Å². The molecule has 0 spiro atoms. The van der Waals surface area contributed by atoms with Gasteiger partial charge in [0, 0.05) is 41.6 Å². The molecule has 0 aromatic rings. The van der Waals surface area contributed by atoms with Gasteiger partial charge in [0.05, 0.1) is 0 Å². The van der Waals surface area contributed by atoms with Crippen LogP contribution in [-0.2, 0) is 0 Å². The Bertz CT molecular complexity index is 244. The van der Waals surface area contributed by atoms with Crippen molar-refractivity contribution in [2.45, 2.75) is 30.6 Å². The maximum Gasteiger partial charge on any atom is 0.0265 e. The molecule has 2 unspecified atom stereocenters. The summed E-state index contributed by atoms with van der Waals surface area (Å²) in [6.45, 7) is 6.76. The minimum Gasteiger partial charge on any atom is -0.301 e. The molecular formula is C13H24N2S2. The Kier molecular flexibility index (Phi) is 4.59. The third-order valence-corrected chi connectivity index (χ3v) is 7.06. The van der Waals surface area contributed by atoms with Crippen molar-refractivity contribution in [3.05, 3.63) is 0 Å². The van der Waals surface area contributed by atoms with E-state index in [2.05, 4.69) is 33.3 Å². The van der Waals surface area contributed by atoms with Crippen molar-refractivity contribution in [3.63, 3.8) is 0 Å². The van der Waals surface area contributed by atoms with Crippen molar-refractivity contribution >= 4 is 23.5 Å². The molecule has 0 radical (unpaired) electrons. The van der Waals surface area contributed by atoms with E-state index < -0.39 is 0 Å². The van der Waals surface area contributed by atoms with Crippen LogP contribution in [0.15, 0.2) is 0 Å². The number of fused-ring (bicyclic) bond motifs is 1. The molecule has 2 nitrogen and oxygen atoms in total. The predicted octanol–water partition coefficient (Wildman–Crippen LogP) is 2.01. The average Bonchev–Trinajstić information content (AvgIpc) is 2.70. The van der Waals surface area contributed by atoms with Crippen LogP contribution in [0.25, 0.3) is 0 Å². The van der Waals surface area contributed by atoms with E-state index in [9.17, 15) is 0 Å². The first-order valence-corrected chi connectivity index (χ1v) is 9.28. The second-order valence-electron chi connectivity index (χ2n) is 5.51. The second kappa shape index (κ2) is 6.18. The largest absolute Gasteiger partial charge is 0.301 e. The highest BCUT2D eigenvalue weighted by molar-refractivity contribution is 8.06. The van der Waals surface area contributed by atoms with Gasteiger partial charge in [-0.25, -0.2) is 0 Å². The fourth-order valence-electron chi connectivity index (χ4n) is 3.38. The number of hydrogen-bond acceptors (Lipinski definition) is 4. The van der Waals surface area contributed by atoms with Gasteiger partial charge in [0.25, 0.3) is 0 Å². The molecule has 0 N–H and O–H groups in total. The quantitative estimate of drug-likeness (QED) is 0.758. The molecule has 4 heteroatoms. The summed E-state index contributed by atoms with van der Waals surface area (Å²) in [5, 5.41) is 0.904. The number of rotatable bonds is 2. The highest BCUT2D eigenvalue weighted by Crippen LogP contribution is 2.26. The van der Waals surface area contributed by atoms with Crippen LogP contribution in [0.4, 0.5) is 0 Å². The van der Waals surface area contributed by atoms with E-state index in [4.69, 9.17) is 0 Å². The molecule has 0 aromatic heterocycles. The van der Waals surface area contributed by atoms with Gasteiger partial charge in [-0.1, -0.05) is 0 Å². The van der Waals surface area contributed by atoms with E-state index in [1.807, 2.05) is 0 Å². The van der Waals surface area contributed by atoms with Gasteiger partial charge < -0.3 is 4.90 Å². The minimum absolute atomic E-state index is 0.888. The van der Waals surface area contributed by atoms with Gasteiger partial charge in [0.2, 0.25) is 0 Å². The van der Waals surface area contributed by atoms with Crippen molar-refractivity contribution in [3.8, 4) is 0 Å². The lowest BCUT2D eigenvalue weighted by Crippen LogP contribution is -2.40. The Labute approximate surface area is 114 Å². The van der Waals surface area contributed by atoms with Crippen molar-refractivity contribution < 1.29 is 0 Å². The predicted molar refractivity (Wildman–Crippen MR) is 79.2 cm³/mol. The minimum atomic E-state index is 0.888. The number of hydrogen-bond donors (Lipinski definition) is 0. The summed E-state index contributed by atoms with van der Waals surface area (Å²) in [7, 11) is 0. The number of nitrogens with zero attached hydrogens (tertiary/aromatic N) is 2. The normalized spacial score (nSPS) is 36.7. The Morgan fingerprint density at radius 1 is 1.06 bits per heavy atom. The van der Waals surface area contributed by atoms with E-state index in [0.717, 1.165) is 11.3 Å². The summed E-state index contributed by atoms with van der Waals surface area (Å²) in [6, 6.07) is 0.888. The van der Waals surface area contributed by atoms with Gasteiger partial charge in [0.1, 0.15) is 0 Å². The standard InChI is InChI=1S/C13H24N2S2/c1-3-12-9-14(4-2-6-15(12)5-1)10-13-11-16-7-8-17-13/h12-13H,1-11H2. The van der Waals surface area contributed by atoms with E-state index in [-0.39, 0.29) is 0 Å². The molecule has 0 aliphatic carbocycles. The monoisotopic (exact) mass is 272 g/mol. The molecule has 3 heterocycles. The van der Waals surface area contributed by atoms with Crippen LogP contribution in [0, 0.1) is 0 Å². The summed E-state index contributed by atoms with van der Waals surface area (Å²) in [5.41, 5.74) is 0. The average molecular weight is 272 g/mol. The molecule has 0 saturated carbocycles. The first-order valence-electron chi connectivity index (χ1n) is 7.07. The maximum atomic E-state index is 2.76. The first-order chi connectivity index (χ1) is 8.42. The molecule has 3 aliphatic heterocycles. The van der Waals surface area contributed by atoms with Gasteiger partial charge in [-0.3, -0.25) is 4.90 Å². The van der Waals surface area contributed by atoms with Gasteiger partial charge in [-0.05, 0) is 38.9 Å². The SMILES string of the molecule is C1CC2CN(CC3CSCCS3)CCCN2C1. The van der Waals surface area contributed by atoms with Crippen LogP contribution < -0.4 is 0 Å². The Hall–Kier alpha value is 0.620. The molecule has 17 heavy (non-hydrogen) atoms. The van der Waals surface area contributed by atoms with Gasteiger partial charge in [0.15, 0.2) is 0 Å². The lowest BCUT2D eigenvalue weighted by molar-refractivity contribution is 0.222. The van der Waals surface area contributed by atoms with E-state index >= 15 is 0 Å². The summed E-state index contributed by atoms with van der Waals surface area (Å²) in [6.07, 6.45) is 4.27. The summed E-state index contributed by atoms with van der Waals surface area (Å²) < 4.78 is 0. The smallest absolute Gasteiger partial charge is 0.0265 e. The molecule has 0 aromatic carbocycles. The zero-order valence-corrected chi connectivity index (χ0v) is 12.3. The summed E-state index contributed by atoms with van der Waals surface area (Å²) in [4.78, 5) is 5.50. The van der Waals surface area contributed by atoms with Crippen LogP contribution in [0.2, 0.25) is 0 Å². The van der Waals surface area contributed by atoms with Crippen LogP contribution in [0.5, 0.6) is 0 Å². The molecule has 2 atom stereocenters. The molecule has 3 rings (SSSR count). The molecular weight excluding hydrogens is 248 g/mol. The first kappa shape index (κ1) is 12.6. The highest BCUT2D eigenvalue weighted by Gasteiger charge is 2.29. The maximum absolute atomic E-state index is 2.76. The molecule has 3 aliphatic rings. The van der Waals surface area contributed by atoms with Crippen molar-refractivity contribution in [1.82, 2.24) is 9.80 Å². The molecule has 0 bridgehead atoms. The van der Waals surface area contributed by atoms with Crippen LogP contribution >= 0.6 is 23.5 Å². The van der Waals surface area contributed by atoms with Gasteiger partial charge in [-0.2, -0.15) is 23.5 Å². The number of thioether (sulfide) groups is 2. The van der Waals surface area contributed by atoms with E-state index in [0.29, 0.717) is 0 Å². The Morgan fingerprint density at radius 3 is 2.88 bits per heavy atom. The zero-order valence-electron chi connectivity index (χ0n) is 10.6. The fourth-order valence-corrected chi connectivity index (χ4v) is 6.09. The molecule has 3 fully saturated rings. The second-order valence-corrected chi connectivity index (χ2v) is 8.07. The van der Waals surface area contributed by atoms with Gasteiger partial charge >= 0.3 is 0 Å². The molecule has 98 valence electrons. The zero-order chi connectivity index (χ0) is 11.5. The van der Waals surface area contributed by atoms with Gasteiger partial charge in [-0.15, -0.1) is 0 Å². The lowest BCUT2D eigenvalue weighted by Gasteiger charge is -2.30. The topological polar surface area (TPSA) is 6.48 Å².